The minimum Gasteiger partial charge on any atom is -0.324 e. The third-order valence-corrected chi connectivity index (χ3v) is 3.35. The Morgan fingerprint density at radius 2 is 2.05 bits per heavy atom. The monoisotopic (exact) mass is 258 g/mol. The molecule has 2 rings (SSSR count). The van der Waals surface area contributed by atoms with E-state index in [-0.39, 0.29) is 11.9 Å². The van der Waals surface area contributed by atoms with E-state index in [1.54, 1.807) is 6.07 Å². The summed E-state index contributed by atoms with van der Waals surface area (Å²) in [5.74, 6) is -0.223. The van der Waals surface area contributed by atoms with Crippen LogP contribution in [0.5, 0.6) is 0 Å². The summed E-state index contributed by atoms with van der Waals surface area (Å²) < 4.78 is 13.1. The zero-order valence-corrected chi connectivity index (χ0v) is 11.4. The van der Waals surface area contributed by atoms with Crippen LogP contribution < -0.4 is 5.73 Å². The Hall–Kier alpha value is -1.74. The fraction of sp³-hybridized carbons (Fsp3) is 0.312. The largest absolute Gasteiger partial charge is 0.324 e. The van der Waals surface area contributed by atoms with E-state index >= 15 is 0 Å². The Balaban J connectivity index is 2.13. The summed E-state index contributed by atoms with van der Waals surface area (Å²) in [7, 11) is 0. The van der Waals surface area contributed by atoms with Crippen molar-refractivity contribution in [2.75, 3.05) is 0 Å². The van der Waals surface area contributed by atoms with Gasteiger partial charge in [0.05, 0.1) is 0 Å². The molecule has 1 aromatic heterocycles. The van der Waals surface area contributed by atoms with Gasteiger partial charge in [-0.1, -0.05) is 19.1 Å². The third kappa shape index (κ3) is 3.38. The number of aryl methyl sites for hydroxylation is 2. The second-order valence-electron chi connectivity index (χ2n) is 4.82. The van der Waals surface area contributed by atoms with Crippen LogP contribution in [0.2, 0.25) is 0 Å². The fourth-order valence-electron chi connectivity index (χ4n) is 2.18. The maximum Gasteiger partial charge on any atom is 0.123 e. The van der Waals surface area contributed by atoms with E-state index in [1.807, 2.05) is 19.2 Å². The minimum atomic E-state index is -0.223. The van der Waals surface area contributed by atoms with Gasteiger partial charge in [0.25, 0.3) is 0 Å². The second-order valence-corrected chi connectivity index (χ2v) is 4.82. The molecule has 19 heavy (non-hydrogen) atoms. The Morgan fingerprint density at radius 1 is 1.26 bits per heavy atom. The third-order valence-electron chi connectivity index (χ3n) is 3.35. The molecule has 0 saturated carbocycles. The molecule has 2 nitrogen and oxygen atoms in total. The number of aromatic nitrogens is 1. The van der Waals surface area contributed by atoms with Crippen LogP contribution in [-0.4, -0.2) is 4.98 Å². The quantitative estimate of drug-likeness (QED) is 0.913. The van der Waals surface area contributed by atoms with E-state index in [4.69, 9.17) is 5.73 Å². The van der Waals surface area contributed by atoms with Gasteiger partial charge in [-0.2, -0.15) is 0 Å². The molecule has 0 aliphatic carbocycles. The lowest BCUT2D eigenvalue weighted by atomic mass is 9.98. The number of pyridine rings is 1. The van der Waals surface area contributed by atoms with Crippen LogP contribution in [0.25, 0.3) is 0 Å². The summed E-state index contributed by atoms with van der Waals surface area (Å²) in [4.78, 5) is 4.41. The standard InChI is InChI=1S/C16H19FN2/c1-3-12-4-6-14(19-10-12)9-16(18)15-7-5-13(17)8-11(15)2/h4-8,10,16H,3,9,18H2,1-2H3. The Kier molecular flexibility index (Phi) is 4.27. The maximum atomic E-state index is 13.1. The summed E-state index contributed by atoms with van der Waals surface area (Å²) in [6, 6.07) is 8.67. The predicted molar refractivity (Wildman–Crippen MR) is 75.4 cm³/mol. The van der Waals surface area contributed by atoms with Gasteiger partial charge in [-0.15, -0.1) is 0 Å². The number of nitrogens with two attached hydrogens (primary N) is 1. The predicted octanol–water partition coefficient (Wildman–Crippen LogP) is 3.33. The van der Waals surface area contributed by atoms with Gasteiger partial charge in [-0.25, -0.2) is 4.39 Å². The number of hydrogen-bond donors (Lipinski definition) is 1. The van der Waals surface area contributed by atoms with Gasteiger partial charge in [-0.05, 0) is 48.2 Å². The van der Waals surface area contributed by atoms with Gasteiger partial charge < -0.3 is 5.73 Å². The first-order valence-corrected chi connectivity index (χ1v) is 6.55. The highest BCUT2D eigenvalue weighted by atomic mass is 19.1. The van der Waals surface area contributed by atoms with E-state index in [1.165, 1.54) is 17.7 Å². The molecular formula is C16H19FN2. The van der Waals surface area contributed by atoms with E-state index in [2.05, 4.69) is 18.0 Å². The van der Waals surface area contributed by atoms with Crippen molar-refractivity contribution in [1.82, 2.24) is 4.98 Å². The van der Waals surface area contributed by atoms with Crippen LogP contribution in [0, 0.1) is 12.7 Å². The molecule has 2 aromatic rings. The number of hydrogen-bond acceptors (Lipinski definition) is 2. The normalized spacial score (nSPS) is 12.4. The lowest BCUT2D eigenvalue weighted by Crippen LogP contribution is -2.15. The zero-order valence-electron chi connectivity index (χ0n) is 11.4. The molecule has 3 heteroatoms. The molecular weight excluding hydrogens is 239 g/mol. The summed E-state index contributed by atoms with van der Waals surface area (Å²) in [5, 5.41) is 0. The van der Waals surface area contributed by atoms with E-state index in [0.29, 0.717) is 6.42 Å². The summed E-state index contributed by atoms with van der Waals surface area (Å²) >= 11 is 0. The minimum absolute atomic E-state index is 0.152. The first-order valence-electron chi connectivity index (χ1n) is 6.55. The number of nitrogens with zero attached hydrogens (tertiary/aromatic N) is 1. The number of benzene rings is 1. The molecule has 0 fully saturated rings. The first-order chi connectivity index (χ1) is 9.10. The summed E-state index contributed by atoms with van der Waals surface area (Å²) in [6.07, 6.45) is 3.53. The maximum absolute atomic E-state index is 13.1. The molecule has 1 heterocycles. The molecule has 100 valence electrons. The Morgan fingerprint density at radius 3 is 2.63 bits per heavy atom. The van der Waals surface area contributed by atoms with Gasteiger partial charge in [0, 0.05) is 24.4 Å². The van der Waals surface area contributed by atoms with Crippen LogP contribution in [0.15, 0.2) is 36.5 Å². The average Bonchev–Trinajstić information content (AvgIpc) is 2.39. The van der Waals surface area contributed by atoms with Crippen molar-refractivity contribution in [3.63, 3.8) is 0 Å². The molecule has 0 radical (unpaired) electrons. The van der Waals surface area contributed by atoms with Gasteiger partial charge in [0.2, 0.25) is 0 Å². The molecule has 1 atom stereocenters. The van der Waals surface area contributed by atoms with E-state index in [9.17, 15) is 4.39 Å². The van der Waals surface area contributed by atoms with Crippen molar-refractivity contribution in [2.45, 2.75) is 32.7 Å². The molecule has 0 aliphatic heterocycles. The lowest BCUT2D eigenvalue weighted by molar-refractivity contribution is 0.622. The van der Waals surface area contributed by atoms with Gasteiger partial charge >= 0.3 is 0 Å². The van der Waals surface area contributed by atoms with Crippen molar-refractivity contribution in [3.8, 4) is 0 Å². The van der Waals surface area contributed by atoms with Crippen molar-refractivity contribution in [1.29, 1.82) is 0 Å². The van der Waals surface area contributed by atoms with Crippen molar-refractivity contribution >= 4 is 0 Å². The van der Waals surface area contributed by atoms with Crippen LogP contribution in [0.1, 0.15) is 35.3 Å². The first kappa shape index (κ1) is 13.7. The highest BCUT2D eigenvalue weighted by molar-refractivity contribution is 5.30. The van der Waals surface area contributed by atoms with Gasteiger partial charge in [0.1, 0.15) is 5.82 Å². The molecule has 1 aromatic carbocycles. The Labute approximate surface area is 113 Å². The molecule has 0 bridgehead atoms. The van der Waals surface area contributed by atoms with Gasteiger partial charge in [-0.3, -0.25) is 4.98 Å². The smallest absolute Gasteiger partial charge is 0.123 e. The number of halogens is 1. The van der Waals surface area contributed by atoms with Crippen LogP contribution >= 0.6 is 0 Å². The van der Waals surface area contributed by atoms with Crippen LogP contribution in [-0.2, 0) is 12.8 Å². The van der Waals surface area contributed by atoms with Crippen LogP contribution in [0.4, 0.5) is 4.39 Å². The van der Waals surface area contributed by atoms with E-state index < -0.39 is 0 Å². The van der Waals surface area contributed by atoms with Gasteiger partial charge in [0.15, 0.2) is 0 Å². The Bertz CT molecular complexity index is 549. The summed E-state index contributed by atoms with van der Waals surface area (Å²) in [5.41, 5.74) is 10.2. The van der Waals surface area contributed by atoms with Crippen molar-refractivity contribution < 1.29 is 4.39 Å². The fourth-order valence-corrected chi connectivity index (χ4v) is 2.18. The lowest BCUT2D eigenvalue weighted by Gasteiger charge is -2.14. The second kappa shape index (κ2) is 5.93. The highest BCUT2D eigenvalue weighted by Gasteiger charge is 2.11. The van der Waals surface area contributed by atoms with Crippen LogP contribution in [0.3, 0.4) is 0 Å². The average molecular weight is 258 g/mol. The molecule has 2 N–H and O–H groups in total. The highest BCUT2D eigenvalue weighted by Crippen LogP contribution is 2.20. The molecule has 0 aliphatic rings. The zero-order chi connectivity index (χ0) is 13.8. The summed E-state index contributed by atoms with van der Waals surface area (Å²) in [6.45, 7) is 3.98. The SMILES string of the molecule is CCc1ccc(CC(N)c2ccc(F)cc2C)nc1. The van der Waals surface area contributed by atoms with Crippen molar-refractivity contribution in [3.05, 3.63) is 64.7 Å². The molecule has 1 unspecified atom stereocenters. The van der Waals surface area contributed by atoms with E-state index in [0.717, 1.165) is 23.2 Å². The molecule has 0 spiro atoms. The number of rotatable bonds is 4. The molecule has 0 amide bonds. The topological polar surface area (TPSA) is 38.9 Å². The molecule has 0 saturated heterocycles. The van der Waals surface area contributed by atoms with Crippen molar-refractivity contribution in [2.24, 2.45) is 5.73 Å².